The lowest BCUT2D eigenvalue weighted by Crippen LogP contribution is -2.43. The lowest BCUT2D eigenvalue weighted by molar-refractivity contribution is -0.137. The van der Waals surface area contributed by atoms with E-state index in [-0.39, 0.29) is 9.96 Å². The summed E-state index contributed by atoms with van der Waals surface area (Å²) in [4.78, 5) is 6.57. The maximum atomic E-state index is 12.9. The van der Waals surface area contributed by atoms with E-state index in [0.717, 1.165) is 65.6 Å². The molecule has 3 heterocycles. The van der Waals surface area contributed by atoms with E-state index in [9.17, 15) is 21.6 Å². The summed E-state index contributed by atoms with van der Waals surface area (Å²) in [6.07, 6.45) is -2.78. The second kappa shape index (κ2) is 7.58. The standard InChI is InChI=1S/C19H18F3N3O2S2/c20-19(21,22)14-3-1-13(2-4-14)12-29(26,27)17-11-15-16(28-17)5-6-24-18(15)25-9-7-23-8-10-25/h1-6,11,23H,7-10,12H2. The van der Waals surface area contributed by atoms with Crippen molar-refractivity contribution in [2.75, 3.05) is 31.1 Å². The Bertz CT molecular complexity index is 1120. The van der Waals surface area contributed by atoms with Gasteiger partial charge in [-0.15, -0.1) is 11.3 Å². The highest BCUT2D eigenvalue weighted by atomic mass is 32.2. The van der Waals surface area contributed by atoms with Crippen LogP contribution < -0.4 is 10.2 Å². The molecule has 2 aromatic heterocycles. The number of rotatable bonds is 4. The third-order valence-corrected chi connectivity index (χ3v) is 8.11. The topological polar surface area (TPSA) is 62.3 Å². The first-order valence-electron chi connectivity index (χ1n) is 8.97. The molecule has 0 atom stereocenters. The molecule has 1 aliphatic heterocycles. The molecule has 0 amide bonds. The van der Waals surface area contributed by atoms with Gasteiger partial charge < -0.3 is 10.2 Å². The first-order valence-corrected chi connectivity index (χ1v) is 11.4. The van der Waals surface area contributed by atoms with E-state index in [4.69, 9.17) is 0 Å². The summed E-state index contributed by atoms with van der Waals surface area (Å²) >= 11 is 1.16. The van der Waals surface area contributed by atoms with Gasteiger partial charge in [0.25, 0.3) is 0 Å². The number of pyridine rings is 1. The van der Waals surface area contributed by atoms with E-state index in [2.05, 4.69) is 15.2 Å². The Balaban J connectivity index is 1.63. The van der Waals surface area contributed by atoms with Crippen molar-refractivity contribution < 1.29 is 21.6 Å². The molecular weight excluding hydrogens is 423 g/mol. The summed E-state index contributed by atoms with van der Waals surface area (Å²) in [6, 6.07) is 7.64. The number of aromatic nitrogens is 1. The van der Waals surface area contributed by atoms with Crippen LogP contribution in [0.1, 0.15) is 11.1 Å². The maximum absolute atomic E-state index is 12.9. The molecule has 3 aromatic rings. The van der Waals surface area contributed by atoms with E-state index in [1.807, 2.05) is 0 Å². The van der Waals surface area contributed by atoms with Crippen LogP contribution in [0, 0.1) is 0 Å². The van der Waals surface area contributed by atoms with Crippen LogP contribution in [0.2, 0.25) is 0 Å². The van der Waals surface area contributed by atoms with Gasteiger partial charge in [-0.05, 0) is 29.8 Å². The number of hydrogen-bond acceptors (Lipinski definition) is 6. The number of hydrogen-bond donors (Lipinski definition) is 1. The minimum atomic E-state index is -4.45. The van der Waals surface area contributed by atoms with Gasteiger partial charge in [0.2, 0.25) is 0 Å². The molecule has 0 unspecified atom stereocenters. The average molecular weight is 442 g/mol. The Labute approximate surface area is 170 Å². The Morgan fingerprint density at radius 2 is 1.79 bits per heavy atom. The van der Waals surface area contributed by atoms with Gasteiger partial charge in [-0.25, -0.2) is 13.4 Å². The van der Waals surface area contributed by atoms with E-state index in [0.29, 0.717) is 5.56 Å². The summed E-state index contributed by atoms with van der Waals surface area (Å²) in [7, 11) is -3.69. The molecule has 0 spiro atoms. The fourth-order valence-corrected chi connectivity index (χ4v) is 6.10. The number of sulfone groups is 1. The summed E-state index contributed by atoms with van der Waals surface area (Å²) in [6.45, 7) is 3.24. The molecule has 154 valence electrons. The van der Waals surface area contributed by atoms with Crippen molar-refractivity contribution in [2.45, 2.75) is 16.1 Å². The molecular formula is C19H18F3N3O2S2. The Morgan fingerprint density at radius 3 is 2.45 bits per heavy atom. The molecule has 1 N–H and O–H groups in total. The van der Waals surface area contributed by atoms with Gasteiger partial charge in [0.05, 0.1) is 11.3 Å². The molecule has 10 heteroatoms. The SMILES string of the molecule is O=S(=O)(Cc1ccc(C(F)(F)F)cc1)c1cc2c(N3CCNCC3)nccc2s1. The van der Waals surface area contributed by atoms with Crippen molar-refractivity contribution in [1.82, 2.24) is 10.3 Å². The van der Waals surface area contributed by atoms with Crippen LogP contribution in [0.5, 0.6) is 0 Å². The largest absolute Gasteiger partial charge is 0.416 e. The highest BCUT2D eigenvalue weighted by molar-refractivity contribution is 7.92. The molecule has 0 aliphatic carbocycles. The number of nitrogens with zero attached hydrogens (tertiary/aromatic N) is 2. The van der Waals surface area contributed by atoms with Gasteiger partial charge in [0.15, 0.2) is 9.84 Å². The number of halogens is 3. The first-order chi connectivity index (χ1) is 13.7. The van der Waals surface area contributed by atoms with E-state index in [1.165, 1.54) is 12.1 Å². The molecule has 1 fully saturated rings. The van der Waals surface area contributed by atoms with Crippen LogP contribution in [-0.2, 0) is 21.8 Å². The van der Waals surface area contributed by atoms with Gasteiger partial charge in [-0.2, -0.15) is 13.2 Å². The van der Waals surface area contributed by atoms with Crippen LogP contribution in [0.4, 0.5) is 19.0 Å². The van der Waals surface area contributed by atoms with E-state index >= 15 is 0 Å². The van der Waals surface area contributed by atoms with Crippen molar-refractivity contribution in [3.05, 3.63) is 53.7 Å². The summed E-state index contributed by atoms with van der Waals surface area (Å²) < 4.78 is 64.9. The predicted molar refractivity (Wildman–Crippen MR) is 107 cm³/mol. The van der Waals surface area contributed by atoms with Crippen molar-refractivity contribution in [2.24, 2.45) is 0 Å². The maximum Gasteiger partial charge on any atom is 0.416 e. The zero-order valence-corrected chi connectivity index (χ0v) is 16.9. The number of anilines is 1. The minimum Gasteiger partial charge on any atom is -0.354 e. The Morgan fingerprint density at radius 1 is 1.10 bits per heavy atom. The van der Waals surface area contributed by atoms with Gasteiger partial charge in [-0.3, -0.25) is 0 Å². The number of piperazine rings is 1. The monoisotopic (exact) mass is 441 g/mol. The molecule has 29 heavy (non-hydrogen) atoms. The number of benzene rings is 1. The third kappa shape index (κ3) is 4.24. The molecule has 1 aliphatic rings. The van der Waals surface area contributed by atoms with Crippen molar-refractivity contribution in [1.29, 1.82) is 0 Å². The molecule has 0 bridgehead atoms. The molecule has 1 saturated heterocycles. The molecule has 0 saturated carbocycles. The molecule has 1 aromatic carbocycles. The summed E-state index contributed by atoms with van der Waals surface area (Å²) in [5.41, 5.74) is -0.483. The van der Waals surface area contributed by atoms with Crippen molar-refractivity contribution in [3.63, 3.8) is 0 Å². The second-order valence-corrected chi connectivity index (χ2v) is 10.1. The number of alkyl halides is 3. The molecule has 0 radical (unpaired) electrons. The van der Waals surface area contributed by atoms with Crippen molar-refractivity contribution >= 4 is 37.1 Å². The predicted octanol–water partition coefficient (Wildman–Crippen LogP) is 3.70. The number of nitrogens with one attached hydrogen (secondary N) is 1. The van der Waals surface area contributed by atoms with Crippen LogP contribution in [0.3, 0.4) is 0 Å². The van der Waals surface area contributed by atoms with Gasteiger partial charge in [0, 0.05) is 42.5 Å². The smallest absolute Gasteiger partial charge is 0.354 e. The normalized spacial score (nSPS) is 15.8. The fourth-order valence-electron chi connectivity index (χ4n) is 3.29. The summed E-state index contributed by atoms with van der Waals surface area (Å²) in [5, 5.41) is 4.05. The van der Waals surface area contributed by atoms with Crippen LogP contribution in [0.15, 0.2) is 46.8 Å². The lowest BCUT2D eigenvalue weighted by atomic mass is 10.1. The van der Waals surface area contributed by atoms with Crippen molar-refractivity contribution in [3.8, 4) is 0 Å². The Hall–Kier alpha value is -2.17. The van der Waals surface area contributed by atoms with Gasteiger partial charge in [0.1, 0.15) is 10.0 Å². The van der Waals surface area contributed by atoms with Crippen LogP contribution in [0.25, 0.3) is 10.1 Å². The van der Waals surface area contributed by atoms with Gasteiger partial charge >= 0.3 is 6.18 Å². The molecule has 5 nitrogen and oxygen atoms in total. The van der Waals surface area contributed by atoms with Crippen LogP contribution >= 0.6 is 11.3 Å². The second-order valence-electron chi connectivity index (χ2n) is 6.80. The highest BCUT2D eigenvalue weighted by Crippen LogP contribution is 2.36. The van der Waals surface area contributed by atoms with E-state index < -0.39 is 21.6 Å². The molecule has 4 rings (SSSR count). The number of thiophene rings is 1. The zero-order chi connectivity index (χ0) is 20.6. The first kappa shape index (κ1) is 20.1. The fraction of sp³-hybridized carbons (Fsp3) is 0.316. The summed E-state index contributed by atoms with van der Waals surface area (Å²) in [5.74, 6) is 0.408. The van der Waals surface area contributed by atoms with Crippen LogP contribution in [-0.4, -0.2) is 39.6 Å². The lowest BCUT2D eigenvalue weighted by Gasteiger charge is -2.28. The van der Waals surface area contributed by atoms with E-state index in [1.54, 1.807) is 18.3 Å². The zero-order valence-electron chi connectivity index (χ0n) is 15.2. The third-order valence-electron chi connectivity index (χ3n) is 4.76. The quantitative estimate of drug-likeness (QED) is 0.669. The average Bonchev–Trinajstić information content (AvgIpc) is 3.13. The highest BCUT2D eigenvalue weighted by Gasteiger charge is 2.30. The van der Waals surface area contributed by atoms with Gasteiger partial charge in [-0.1, -0.05) is 12.1 Å². The minimum absolute atomic E-state index is 0.191. The Kier molecular flexibility index (Phi) is 5.26. The number of fused-ring (bicyclic) bond motifs is 1.